The Balaban J connectivity index is 1.92. The largest absolute Gasteiger partial charge is 0.497 e. The van der Waals surface area contributed by atoms with Crippen molar-refractivity contribution in [1.29, 1.82) is 0 Å². The molecule has 120 valence electrons. The summed E-state index contributed by atoms with van der Waals surface area (Å²) in [4.78, 5) is 6.77. The second kappa shape index (κ2) is 7.96. The van der Waals surface area contributed by atoms with Crippen molar-refractivity contribution in [3.05, 3.63) is 35.7 Å². The predicted octanol–water partition coefficient (Wildman–Crippen LogP) is 2.70. The first kappa shape index (κ1) is 16.5. The number of nitrogens with zero attached hydrogens (tertiary/aromatic N) is 2. The first-order valence-electron chi connectivity index (χ1n) is 7.56. The molecule has 1 heterocycles. The molecule has 0 amide bonds. The summed E-state index contributed by atoms with van der Waals surface area (Å²) < 4.78 is 10.9. The average Bonchev–Trinajstić information content (AvgIpc) is 2.88. The van der Waals surface area contributed by atoms with Gasteiger partial charge in [0.05, 0.1) is 12.8 Å². The van der Waals surface area contributed by atoms with Crippen LogP contribution in [0.1, 0.15) is 17.9 Å². The normalized spacial score (nSPS) is 11.1. The highest BCUT2D eigenvalue weighted by Crippen LogP contribution is 2.23. The molecule has 0 saturated carbocycles. The van der Waals surface area contributed by atoms with E-state index in [2.05, 4.69) is 29.3 Å². The molecule has 0 saturated heterocycles. The van der Waals surface area contributed by atoms with Crippen molar-refractivity contribution in [3.8, 4) is 17.2 Å². The number of nitrogens with one attached hydrogen (secondary N) is 1. The lowest BCUT2D eigenvalue weighted by atomic mass is 10.2. The minimum absolute atomic E-state index is 0.658. The van der Waals surface area contributed by atoms with Crippen LogP contribution in [0.5, 0.6) is 5.75 Å². The fourth-order valence-corrected chi connectivity index (χ4v) is 2.18. The van der Waals surface area contributed by atoms with Crippen LogP contribution >= 0.6 is 0 Å². The molecular weight excluding hydrogens is 278 g/mol. The molecule has 0 aliphatic carbocycles. The van der Waals surface area contributed by atoms with Crippen molar-refractivity contribution < 1.29 is 9.15 Å². The average molecular weight is 303 g/mol. The summed E-state index contributed by atoms with van der Waals surface area (Å²) in [7, 11) is 5.83. The van der Waals surface area contributed by atoms with Gasteiger partial charge in [-0.15, -0.1) is 0 Å². The van der Waals surface area contributed by atoms with E-state index in [-0.39, 0.29) is 0 Å². The molecule has 0 atom stereocenters. The van der Waals surface area contributed by atoms with E-state index >= 15 is 0 Å². The van der Waals surface area contributed by atoms with E-state index in [4.69, 9.17) is 9.15 Å². The number of rotatable bonds is 8. The van der Waals surface area contributed by atoms with Gasteiger partial charge in [0.2, 0.25) is 5.89 Å². The van der Waals surface area contributed by atoms with Gasteiger partial charge in [-0.1, -0.05) is 0 Å². The standard InChI is InChI=1S/C17H25N3O2/c1-13-16(12-18-10-5-11-20(2)3)19-17(22-13)14-6-8-15(21-4)9-7-14/h6-9,18H,5,10-12H2,1-4H3. The van der Waals surface area contributed by atoms with E-state index in [1.807, 2.05) is 31.2 Å². The molecule has 0 bridgehead atoms. The Morgan fingerprint density at radius 3 is 2.59 bits per heavy atom. The molecule has 5 nitrogen and oxygen atoms in total. The van der Waals surface area contributed by atoms with Crippen LogP contribution in [-0.4, -0.2) is 44.2 Å². The highest BCUT2D eigenvalue weighted by molar-refractivity contribution is 5.55. The summed E-state index contributed by atoms with van der Waals surface area (Å²) in [6.07, 6.45) is 1.12. The van der Waals surface area contributed by atoms with Gasteiger partial charge in [0.15, 0.2) is 0 Å². The zero-order chi connectivity index (χ0) is 15.9. The number of oxazole rings is 1. The molecule has 0 aliphatic heterocycles. The summed E-state index contributed by atoms with van der Waals surface area (Å²) >= 11 is 0. The molecular formula is C17H25N3O2. The number of aromatic nitrogens is 1. The summed E-state index contributed by atoms with van der Waals surface area (Å²) in [5, 5.41) is 3.41. The van der Waals surface area contributed by atoms with Gasteiger partial charge in [0, 0.05) is 12.1 Å². The van der Waals surface area contributed by atoms with E-state index in [1.54, 1.807) is 7.11 Å². The smallest absolute Gasteiger partial charge is 0.226 e. The summed E-state index contributed by atoms with van der Waals surface area (Å²) in [6.45, 7) is 4.75. The number of ether oxygens (including phenoxy) is 1. The highest BCUT2D eigenvalue weighted by atomic mass is 16.5. The van der Waals surface area contributed by atoms with Crippen molar-refractivity contribution in [2.45, 2.75) is 19.9 Å². The summed E-state index contributed by atoms with van der Waals surface area (Å²) in [5.41, 5.74) is 1.93. The topological polar surface area (TPSA) is 50.5 Å². The van der Waals surface area contributed by atoms with Crippen molar-refractivity contribution in [1.82, 2.24) is 15.2 Å². The monoisotopic (exact) mass is 303 g/mol. The van der Waals surface area contributed by atoms with E-state index in [9.17, 15) is 0 Å². The molecule has 5 heteroatoms. The molecule has 0 spiro atoms. The third kappa shape index (κ3) is 4.58. The lowest BCUT2D eigenvalue weighted by Crippen LogP contribution is -2.21. The van der Waals surface area contributed by atoms with Gasteiger partial charge in [-0.3, -0.25) is 0 Å². The maximum atomic E-state index is 5.77. The first-order valence-corrected chi connectivity index (χ1v) is 7.56. The predicted molar refractivity (Wildman–Crippen MR) is 88.1 cm³/mol. The molecule has 2 aromatic rings. The van der Waals surface area contributed by atoms with Crippen LogP contribution < -0.4 is 10.1 Å². The van der Waals surface area contributed by atoms with Crippen LogP contribution in [0.25, 0.3) is 11.5 Å². The van der Waals surface area contributed by atoms with Crippen molar-refractivity contribution in [2.75, 3.05) is 34.3 Å². The Labute approximate surface area is 132 Å². The van der Waals surface area contributed by atoms with E-state index < -0.39 is 0 Å². The van der Waals surface area contributed by atoms with Gasteiger partial charge >= 0.3 is 0 Å². The van der Waals surface area contributed by atoms with Crippen LogP contribution in [0.2, 0.25) is 0 Å². The van der Waals surface area contributed by atoms with Gasteiger partial charge in [0.25, 0.3) is 0 Å². The van der Waals surface area contributed by atoms with Crippen molar-refractivity contribution in [2.24, 2.45) is 0 Å². The van der Waals surface area contributed by atoms with Gasteiger partial charge < -0.3 is 19.4 Å². The fraction of sp³-hybridized carbons (Fsp3) is 0.471. The highest BCUT2D eigenvalue weighted by Gasteiger charge is 2.11. The van der Waals surface area contributed by atoms with Crippen LogP contribution in [0.15, 0.2) is 28.7 Å². The Hall–Kier alpha value is -1.85. The second-order valence-electron chi connectivity index (χ2n) is 5.58. The van der Waals surface area contributed by atoms with E-state index in [0.29, 0.717) is 5.89 Å². The molecule has 0 unspecified atom stereocenters. The third-order valence-electron chi connectivity index (χ3n) is 3.48. The third-order valence-corrected chi connectivity index (χ3v) is 3.48. The van der Waals surface area contributed by atoms with Gasteiger partial charge in [-0.05, 0) is 64.8 Å². The fourth-order valence-electron chi connectivity index (χ4n) is 2.18. The molecule has 1 aromatic heterocycles. The van der Waals surface area contributed by atoms with E-state index in [0.717, 1.165) is 48.8 Å². The SMILES string of the molecule is COc1ccc(-c2nc(CNCCCN(C)C)c(C)o2)cc1. The van der Waals surface area contributed by atoms with Crippen LogP contribution in [0.4, 0.5) is 0 Å². The van der Waals surface area contributed by atoms with E-state index in [1.165, 1.54) is 0 Å². The molecule has 1 N–H and O–H groups in total. The minimum Gasteiger partial charge on any atom is -0.497 e. The minimum atomic E-state index is 0.658. The number of aryl methyl sites for hydroxylation is 1. The second-order valence-corrected chi connectivity index (χ2v) is 5.58. The van der Waals surface area contributed by atoms with Crippen molar-refractivity contribution >= 4 is 0 Å². The summed E-state index contributed by atoms with van der Waals surface area (Å²) in [5.74, 6) is 2.35. The van der Waals surface area contributed by atoms with Crippen molar-refractivity contribution in [3.63, 3.8) is 0 Å². The van der Waals surface area contributed by atoms with Crippen LogP contribution in [0.3, 0.4) is 0 Å². The van der Waals surface area contributed by atoms with Gasteiger partial charge in [-0.2, -0.15) is 0 Å². The maximum Gasteiger partial charge on any atom is 0.226 e. The Morgan fingerprint density at radius 2 is 1.95 bits per heavy atom. The number of hydrogen-bond donors (Lipinski definition) is 1. The molecule has 1 aromatic carbocycles. The Kier molecular flexibility index (Phi) is 5.98. The molecule has 0 aliphatic rings. The maximum absolute atomic E-state index is 5.77. The zero-order valence-electron chi connectivity index (χ0n) is 13.8. The van der Waals surface area contributed by atoms with Crippen LogP contribution in [0, 0.1) is 6.92 Å². The molecule has 22 heavy (non-hydrogen) atoms. The molecule has 0 fully saturated rings. The quantitative estimate of drug-likeness (QED) is 0.760. The van der Waals surface area contributed by atoms with Gasteiger partial charge in [0.1, 0.15) is 11.5 Å². The number of benzene rings is 1. The number of hydrogen-bond acceptors (Lipinski definition) is 5. The number of methoxy groups -OCH3 is 1. The molecule has 2 rings (SSSR count). The Bertz CT molecular complexity index is 576. The molecule has 0 radical (unpaired) electrons. The lowest BCUT2D eigenvalue weighted by Gasteiger charge is -2.09. The lowest BCUT2D eigenvalue weighted by molar-refractivity contribution is 0.394. The first-order chi connectivity index (χ1) is 10.6. The van der Waals surface area contributed by atoms with Gasteiger partial charge in [-0.25, -0.2) is 4.98 Å². The summed E-state index contributed by atoms with van der Waals surface area (Å²) in [6, 6.07) is 7.73. The van der Waals surface area contributed by atoms with Crippen LogP contribution in [-0.2, 0) is 6.54 Å². The Morgan fingerprint density at radius 1 is 1.23 bits per heavy atom. The zero-order valence-corrected chi connectivity index (χ0v) is 13.8.